The van der Waals surface area contributed by atoms with Gasteiger partial charge in [0, 0.05) is 56.0 Å². The number of urea groups is 1. The van der Waals surface area contributed by atoms with E-state index in [1.807, 2.05) is 12.1 Å². The lowest BCUT2D eigenvalue weighted by atomic mass is 10.2. The number of nitrogens with zero attached hydrogens (tertiary/aromatic N) is 2. The van der Waals surface area contributed by atoms with Crippen LogP contribution in [0.5, 0.6) is 11.5 Å². The zero-order chi connectivity index (χ0) is 20.6. The number of piperazine rings is 1. The van der Waals surface area contributed by atoms with Crippen molar-refractivity contribution >= 4 is 29.0 Å². The Hall–Kier alpha value is -2.64. The first-order valence-electron chi connectivity index (χ1n) is 9.59. The van der Waals surface area contributed by atoms with E-state index in [0.717, 1.165) is 37.7 Å². The molecule has 0 saturated carbocycles. The Balaban J connectivity index is 1.39. The molecule has 1 saturated heterocycles. The number of carbonyl (C=O) groups is 1. The van der Waals surface area contributed by atoms with Gasteiger partial charge in [0.25, 0.3) is 0 Å². The molecule has 3 rings (SSSR count). The molecule has 8 heteroatoms. The van der Waals surface area contributed by atoms with Crippen LogP contribution in [0.1, 0.15) is 0 Å². The molecule has 1 heterocycles. The van der Waals surface area contributed by atoms with Gasteiger partial charge in [0.05, 0.1) is 19.9 Å². The van der Waals surface area contributed by atoms with Gasteiger partial charge in [-0.3, -0.25) is 4.90 Å². The van der Waals surface area contributed by atoms with Crippen molar-refractivity contribution in [3.63, 3.8) is 0 Å². The first-order valence-corrected chi connectivity index (χ1v) is 9.96. The summed E-state index contributed by atoms with van der Waals surface area (Å²) < 4.78 is 10.5. The van der Waals surface area contributed by atoms with Crippen molar-refractivity contribution in [1.29, 1.82) is 0 Å². The van der Waals surface area contributed by atoms with E-state index in [-0.39, 0.29) is 6.03 Å². The normalized spacial score (nSPS) is 14.4. The molecular weight excluding hydrogens is 392 g/mol. The SMILES string of the molecule is COc1ccc(NC(=O)NCCN2CCN(c3ccc(Cl)cc3)CC2)c(OC)c1. The molecule has 7 nitrogen and oxygen atoms in total. The number of hydrogen-bond acceptors (Lipinski definition) is 5. The van der Waals surface area contributed by atoms with Crippen LogP contribution < -0.4 is 25.0 Å². The summed E-state index contributed by atoms with van der Waals surface area (Å²) in [5.74, 6) is 1.23. The summed E-state index contributed by atoms with van der Waals surface area (Å²) in [7, 11) is 3.14. The van der Waals surface area contributed by atoms with E-state index >= 15 is 0 Å². The van der Waals surface area contributed by atoms with Crippen LogP contribution in [-0.4, -0.2) is 64.4 Å². The van der Waals surface area contributed by atoms with E-state index in [9.17, 15) is 4.79 Å². The van der Waals surface area contributed by atoms with Gasteiger partial charge in [-0.25, -0.2) is 4.79 Å². The molecule has 1 fully saturated rings. The first kappa shape index (κ1) is 21.1. The minimum atomic E-state index is -0.256. The molecule has 0 spiro atoms. The van der Waals surface area contributed by atoms with Crippen LogP contribution in [0.4, 0.5) is 16.2 Å². The van der Waals surface area contributed by atoms with Gasteiger partial charge in [-0.1, -0.05) is 11.6 Å². The maximum atomic E-state index is 12.2. The smallest absolute Gasteiger partial charge is 0.319 e. The molecule has 0 aliphatic carbocycles. The van der Waals surface area contributed by atoms with Crippen molar-refractivity contribution in [2.24, 2.45) is 0 Å². The number of anilines is 2. The fourth-order valence-electron chi connectivity index (χ4n) is 3.28. The lowest BCUT2D eigenvalue weighted by molar-refractivity contribution is 0.240. The monoisotopic (exact) mass is 418 g/mol. The van der Waals surface area contributed by atoms with E-state index in [4.69, 9.17) is 21.1 Å². The maximum Gasteiger partial charge on any atom is 0.319 e. The first-order chi connectivity index (χ1) is 14.1. The molecule has 29 heavy (non-hydrogen) atoms. The molecule has 2 N–H and O–H groups in total. The third-order valence-electron chi connectivity index (χ3n) is 4.93. The van der Waals surface area contributed by atoms with Crippen molar-refractivity contribution in [3.05, 3.63) is 47.5 Å². The van der Waals surface area contributed by atoms with Gasteiger partial charge in [-0.15, -0.1) is 0 Å². The predicted molar refractivity (Wildman–Crippen MR) is 117 cm³/mol. The second-order valence-electron chi connectivity index (χ2n) is 6.75. The number of rotatable bonds is 7. The average Bonchev–Trinajstić information content (AvgIpc) is 2.75. The highest BCUT2D eigenvalue weighted by Crippen LogP contribution is 2.28. The molecule has 1 aliphatic rings. The molecule has 0 bridgehead atoms. The third kappa shape index (κ3) is 5.92. The Kier molecular flexibility index (Phi) is 7.43. The van der Waals surface area contributed by atoms with Crippen molar-refractivity contribution in [3.8, 4) is 11.5 Å². The molecule has 0 radical (unpaired) electrons. The summed E-state index contributed by atoms with van der Waals surface area (Å²) in [6.07, 6.45) is 0. The van der Waals surface area contributed by atoms with Gasteiger partial charge in [0.2, 0.25) is 0 Å². The Bertz CT molecular complexity index is 808. The van der Waals surface area contributed by atoms with Crippen molar-refractivity contribution in [2.45, 2.75) is 0 Å². The topological polar surface area (TPSA) is 66.1 Å². The molecule has 2 amide bonds. The molecule has 156 valence electrons. The summed E-state index contributed by atoms with van der Waals surface area (Å²) in [5.41, 5.74) is 1.79. The van der Waals surface area contributed by atoms with Crippen LogP contribution in [0.3, 0.4) is 0 Å². The molecule has 0 atom stereocenters. The van der Waals surface area contributed by atoms with Gasteiger partial charge in [-0.05, 0) is 36.4 Å². The lowest BCUT2D eigenvalue weighted by Crippen LogP contribution is -2.48. The summed E-state index contributed by atoms with van der Waals surface area (Å²) in [5, 5.41) is 6.47. The summed E-state index contributed by atoms with van der Waals surface area (Å²) in [6.45, 7) is 5.21. The van der Waals surface area contributed by atoms with E-state index in [1.54, 1.807) is 32.4 Å². The highest BCUT2D eigenvalue weighted by Gasteiger charge is 2.17. The molecule has 0 aromatic heterocycles. The maximum absolute atomic E-state index is 12.2. The van der Waals surface area contributed by atoms with Crippen LogP contribution in [0.15, 0.2) is 42.5 Å². The second-order valence-corrected chi connectivity index (χ2v) is 7.19. The number of nitrogens with one attached hydrogen (secondary N) is 2. The molecule has 1 aliphatic heterocycles. The van der Waals surface area contributed by atoms with Crippen molar-refractivity contribution in [1.82, 2.24) is 10.2 Å². The number of amides is 2. The number of benzene rings is 2. The van der Waals surface area contributed by atoms with Crippen LogP contribution in [0.2, 0.25) is 5.02 Å². The average molecular weight is 419 g/mol. The Morgan fingerprint density at radius 1 is 1.03 bits per heavy atom. The third-order valence-corrected chi connectivity index (χ3v) is 5.19. The Labute approximate surface area is 176 Å². The number of ether oxygens (including phenoxy) is 2. The fourth-order valence-corrected chi connectivity index (χ4v) is 3.40. The zero-order valence-corrected chi connectivity index (χ0v) is 17.5. The van der Waals surface area contributed by atoms with E-state index < -0.39 is 0 Å². The van der Waals surface area contributed by atoms with Crippen LogP contribution >= 0.6 is 11.6 Å². The van der Waals surface area contributed by atoms with Gasteiger partial charge in [0.1, 0.15) is 11.5 Å². The zero-order valence-electron chi connectivity index (χ0n) is 16.8. The quantitative estimate of drug-likeness (QED) is 0.722. The Morgan fingerprint density at radius 3 is 2.41 bits per heavy atom. The molecule has 0 unspecified atom stereocenters. The van der Waals surface area contributed by atoms with E-state index in [2.05, 4.69) is 32.6 Å². The van der Waals surface area contributed by atoms with E-state index in [0.29, 0.717) is 23.7 Å². The van der Waals surface area contributed by atoms with Crippen molar-refractivity contribution < 1.29 is 14.3 Å². The molecule has 2 aromatic rings. The highest BCUT2D eigenvalue weighted by atomic mass is 35.5. The number of methoxy groups -OCH3 is 2. The molecule has 2 aromatic carbocycles. The van der Waals surface area contributed by atoms with Crippen LogP contribution in [0, 0.1) is 0 Å². The molecular formula is C21H27ClN4O3. The predicted octanol–water partition coefficient (Wildman–Crippen LogP) is 3.30. The lowest BCUT2D eigenvalue weighted by Gasteiger charge is -2.36. The van der Waals surface area contributed by atoms with Crippen LogP contribution in [0.25, 0.3) is 0 Å². The summed E-state index contributed by atoms with van der Waals surface area (Å²) in [6, 6.07) is 13.0. The number of hydrogen-bond donors (Lipinski definition) is 2. The fraction of sp³-hybridized carbons (Fsp3) is 0.381. The largest absolute Gasteiger partial charge is 0.497 e. The summed E-state index contributed by atoms with van der Waals surface area (Å²) in [4.78, 5) is 16.9. The highest BCUT2D eigenvalue weighted by molar-refractivity contribution is 6.30. The minimum absolute atomic E-state index is 0.256. The van der Waals surface area contributed by atoms with Gasteiger partial charge in [0.15, 0.2) is 0 Å². The second kappa shape index (κ2) is 10.2. The minimum Gasteiger partial charge on any atom is -0.497 e. The Morgan fingerprint density at radius 2 is 1.76 bits per heavy atom. The van der Waals surface area contributed by atoms with E-state index in [1.165, 1.54) is 5.69 Å². The van der Waals surface area contributed by atoms with Crippen molar-refractivity contribution in [2.75, 3.05) is 63.7 Å². The standard InChI is InChI=1S/C21H27ClN4O3/c1-28-18-7-8-19(20(15-18)29-2)24-21(27)23-9-10-25-11-13-26(14-12-25)17-5-3-16(22)4-6-17/h3-8,15H,9-14H2,1-2H3,(H2,23,24,27). The number of halogens is 1. The van der Waals surface area contributed by atoms with Gasteiger partial charge in [-0.2, -0.15) is 0 Å². The van der Waals surface area contributed by atoms with Crippen LogP contribution in [-0.2, 0) is 0 Å². The van der Waals surface area contributed by atoms with Gasteiger partial charge >= 0.3 is 6.03 Å². The summed E-state index contributed by atoms with van der Waals surface area (Å²) >= 11 is 5.96. The van der Waals surface area contributed by atoms with Gasteiger partial charge < -0.3 is 25.0 Å². The number of carbonyl (C=O) groups excluding carboxylic acids is 1.